The SMILES string of the molecule is CC(=O)C(C(C)=O)=C(C=C(C)C)OI. The van der Waals surface area contributed by atoms with E-state index in [0.717, 1.165) is 5.57 Å². The summed E-state index contributed by atoms with van der Waals surface area (Å²) in [7, 11) is 0. The third-order valence-corrected chi connectivity index (χ3v) is 1.93. The molecule has 0 aliphatic rings. The van der Waals surface area contributed by atoms with Crippen LogP contribution in [0.3, 0.4) is 0 Å². The lowest BCUT2D eigenvalue weighted by Gasteiger charge is -2.04. The quantitative estimate of drug-likeness (QED) is 0.200. The highest BCUT2D eigenvalue weighted by atomic mass is 127. The molecule has 0 N–H and O–H groups in total. The highest BCUT2D eigenvalue weighted by Gasteiger charge is 2.16. The van der Waals surface area contributed by atoms with Crippen LogP contribution in [0.25, 0.3) is 0 Å². The molecule has 0 aromatic rings. The summed E-state index contributed by atoms with van der Waals surface area (Å²) in [5, 5.41) is 0. The summed E-state index contributed by atoms with van der Waals surface area (Å²) in [6.45, 7) is 6.44. The monoisotopic (exact) mass is 308 g/mol. The molecule has 0 spiro atoms. The van der Waals surface area contributed by atoms with Crippen LogP contribution in [-0.2, 0) is 12.7 Å². The number of Topliss-reactive ketones (excluding diaryl/α,β-unsaturated/α-hetero) is 2. The van der Waals surface area contributed by atoms with Gasteiger partial charge in [0.2, 0.25) is 0 Å². The molecule has 0 fully saturated rings. The molecule has 0 rings (SSSR count). The third kappa shape index (κ3) is 4.04. The van der Waals surface area contributed by atoms with Gasteiger partial charge in [-0.1, -0.05) is 5.57 Å². The van der Waals surface area contributed by atoms with E-state index in [0.29, 0.717) is 5.76 Å². The van der Waals surface area contributed by atoms with Crippen molar-refractivity contribution in [2.45, 2.75) is 27.7 Å². The first kappa shape index (κ1) is 13.4. The number of ketones is 2. The Morgan fingerprint density at radius 1 is 1.07 bits per heavy atom. The first-order valence-electron chi connectivity index (χ1n) is 4.09. The van der Waals surface area contributed by atoms with E-state index in [1.54, 1.807) is 29.1 Å². The van der Waals surface area contributed by atoms with Crippen LogP contribution in [0.15, 0.2) is 23.0 Å². The average molecular weight is 308 g/mol. The molecule has 14 heavy (non-hydrogen) atoms. The van der Waals surface area contributed by atoms with E-state index in [1.165, 1.54) is 13.8 Å². The number of carbonyl (C=O) groups is 2. The van der Waals surface area contributed by atoms with Crippen molar-refractivity contribution in [1.82, 2.24) is 0 Å². The van der Waals surface area contributed by atoms with E-state index >= 15 is 0 Å². The fourth-order valence-electron chi connectivity index (χ4n) is 0.990. The van der Waals surface area contributed by atoms with Gasteiger partial charge in [-0.2, -0.15) is 0 Å². The van der Waals surface area contributed by atoms with Gasteiger partial charge < -0.3 is 3.07 Å². The lowest BCUT2D eigenvalue weighted by molar-refractivity contribution is -0.119. The molecule has 0 aliphatic carbocycles. The first-order valence-corrected chi connectivity index (χ1v) is 4.97. The fraction of sp³-hybridized carbons (Fsp3) is 0.400. The number of rotatable bonds is 4. The van der Waals surface area contributed by atoms with E-state index in [-0.39, 0.29) is 17.1 Å². The van der Waals surface area contributed by atoms with Gasteiger partial charge in [-0.05, 0) is 33.8 Å². The Labute approximate surface area is 97.9 Å². The van der Waals surface area contributed by atoms with Crippen molar-refractivity contribution < 1.29 is 12.7 Å². The summed E-state index contributed by atoms with van der Waals surface area (Å²) in [4.78, 5) is 22.4. The number of hydrogen-bond donors (Lipinski definition) is 0. The molecule has 0 aromatic carbocycles. The summed E-state index contributed by atoms with van der Waals surface area (Å²) in [6, 6.07) is 0. The number of allylic oxidation sites excluding steroid dienone is 3. The number of carbonyl (C=O) groups excluding carboxylic acids is 2. The van der Waals surface area contributed by atoms with Crippen LogP contribution in [0, 0.1) is 0 Å². The van der Waals surface area contributed by atoms with Gasteiger partial charge in [-0.3, -0.25) is 9.59 Å². The van der Waals surface area contributed by atoms with E-state index in [2.05, 4.69) is 0 Å². The van der Waals surface area contributed by atoms with Crippen LogP contribution >= 0.6 is 23.0 Å². The molecular formula is C10H13IO3. The van der Waals surface area contributed by atoms with E-state index in [1.807, 2.05) is 13.8 Å². The second kappa shape index (κ2) is 5.95. The molecule has 0 saturated carbocycles. The maximum absolute atomic E-state index is 11.2. The third-order valence-electron chi connectivity index (χ3n) is 1.45. The summed E-state index contributed by atoms with van der Waals surface area (Å²) >= 11 is 1.66. The van der Waals surface area contributed by atoms with Crippen molar-refractivity contribution in [3.8, 4) is 0 Å². The molecule has 4 heteroatoms. The zero-order chi connectivity index (χ0) is 11.3. The molecule has 0 atom stereocenters. The van der Waals surface area contributed by atoms with Crippen molar-refractivity contribution in [2.24, 2.45) is 0 Å². The molecule has 0 aromatic heterocycles. The summed E-state index contributed by atoms with van der Waals surface area (Å²) in [5.41, 5.74) is 1.08. The standard InChI is InChI=1S/C10H13IO3/c1-6(2)5-9(14-11)10(7(3)12)8(4)13/h5H,1-4H3. The van der Waals surface area contributed by atoms with Crippen molar-refractivity contribution in [3.63, 3.8) is 0 Å². The molecular weight excluding hydrogens is 295 g/mol. The highest BCUT2D eigenvalue weighted by molar-refractivity contribution is 14.1. The Hall–Kier alpha value is -0.650. The predicted octanol–water partition coefficient (Wildman–Crippen LogP) is 2.75. The Bertz CT molecular complexity index is 293. The van der Waals surface area contributed by atoms with Gasteiger partial charge in [0.1, 0.15) is 11.3 Å². The van der Waals surface area contributed by atoms with Crippen molar-refractivity contribution in [1.29, 1.82) is 0 Å². The zero-order valence-corrected chi connectivity index (χ0v) is 10.8. The van der Waals surface area contributed by atoms with Crippen LogP contribution in [0.4, 0.5) is 0 Å². The lowest BCUT2D eigenvalue weighted by Crippen LogP contribution is -2.09. The Balaban J connectivity index is 5.43. The zero-order valence-electron chi connectivity index (χ0n) is 8.68. The maximum Gasteiger partial charge on any atom is 0.192 e. The first-order chi connectivity index (χ1) is 6.40. The van der Waals surface area contributed by atoms with Gasteiger partial charge in [0.05, 0.1) is 0 Å². The van der Waals surface area contributed by atoms with E-state index in [9.17, 15) is 9.59 Å². The molecule has 0 saturated heterocycles. The molecule has 0 radical (unpaired) electrons. The van der Waals surface area contributed by atoms with Gasteiger partial charge in [-0.15, -0.1) is 0 Å². The highest BCUT2D eigenvalue weighted by Crippen LogP contribution is 2.15. The predicted molar refractivity (Wildman–Crippen MR) is 62.9 cm³/mol. The number of hydrogen-bond acceptors (Lipinski definition) is 3. The minimum atomic E-state index is -0.276. The smallest absolute Gasteiger partial charge is 0.192 e. The van der Waals surface area contributed by atoms with E-state index < -0.39 is 0 Å². The fourth-order valence-corrected chi connectivity index (χ4v) is 1.34. The van der Waals surface area contributed by atoms with Crippen LogP contribution in [0.5, 0.6) is 0 Å². The van der Waals surface area contributed by atoms with Gasteiger partial charge >= 0.3 is 0 Å². The largest absolute Gasteiger partial charge is 0.427 e. The van der Waals surface area contributed by atoms with Crippen molar-refractivity contribution >= 4 is 34.6 Å². The van der Waals surface area contributed by atoms with Gasteiger partial charge in [0, 0.05) is 0 Å². The minimum Gasteiger partial charge on any atom is -0.427 e. The lowest BCUT2D eigenvalue weighted by atomic mass is 10.1. The summed E-state index contributed by atoms with van der Waals surface area (Å²) in [6.07, 6.45) is 1.67. The molecule has 0 heterocycles. The molecule has 0 unspecified atom stereocenters. The summed E-state index contributed by atoms with van der Waals surface area (Å²) < 4.78 is 4.98. The van der Waals surface area contributed by atoms with Crippen molar-refractivity contribution in [2.75, 3.05) is 0 Å². The van der Waals surface area contributed by atoms with Gasteiger partial charge in [-0.25, -0.2) is 0 Å². The molecule has 78 valence electrons. The molecule has 0 bridgehead atoms. The molecule has 3 nitrogen and oxygen atoms in total. The maximum atomic E-state index is 11.2. The van der Waals surface area contributed by atoms with Gasteiger partial charge in [0.15, 0.2) is 34.6 Å². The molecule has 0 amide bonds. The second-order valence-electron chi connectivity index (χ2n) is 3.15. The van der Waals surface area contributed by atoms with Gasteiger partial charge in [0.25, 0.3) is 0 Å². The van der Waals surface area contributed by atoms with Crippen LogP contribution in [0.2, 0.25) is 0 Å². The Morgan fingerprint density at radius 3 is 1.71 bits per heavy atom. The van der Waals surface area contributed by atoms with Crippen LogP contribution in [-0.4, -0.2) is 11.6 Å². The Morgan fingerprint density at radius 2 is 1.50 bits per heavy atom. The Kier molecular flexibility index (Phi) is 5.68. The topological polar surface area (TPSA) is 43.4 Å². The normalized spacial score (nSPS) is 8.93. The minimum absolute atomic E-state index is 0.112. The summed E-state index contributed by atoms with van der Waals surface area (Å²) in [5.74, 6) is -0.228. The average Bonchev–Trinajstić information content (AvgIpc) is 2.00. The molecule has 0 aliphatic heterocycles. The van der Waals surface area contributed by atoms with E-state index in [4.69, 9.17) is 3.07 Å². The van der Waals surface area contributed by atoms with Crippen molar-refractivity contribution in [3.05, 3.63) is 23.0 Å². The van der Waals surface area contributed by atoms with Crippen LogP contribution < -0.4 is 0 Å². The number of halogens is 1. The van der Waals surface area contributed by atoms with Crippen LogP contribution in [0.1, 0.15) is 27.7 Å². The second-order valence-corrected chi connectivity index (χ2v) is 3.59.